The van der Waals surface area contributed by atoms with Gasteiger partial charge in [0.25, 0.3) is 0 Å². The van der Waals surface area contributed by atoms with E-state index in [0.29, 0.717) is 17.8 Å². The molecule has 0 heterocycles. The molecule has 0 unspecified atom stereocenters. The minimum Gasteiger partial charge on any atom is -0.488 e. The SMILES string of the molecule is COC[C@H](C)Oc1cccc(B(O)O)c1. The number of ether oxygens (including phenoxy) is 2. The molecular weight excluding hydrogens is 195 g/mol. The van der Waals surface area contributed by atoms with Crippen molar-refractivity contribution in [2.24, 2.45) is 0 Å². The van der Waals surface area contributed by atoms with Crippen molar-refractivity contribution in [2.75, 3.05) is 13.7 Å². The standard InChI is InChI=1S/C10H15BO4/c1-8(7-14-2)15-10-5-3-4-9(6-10)11(12)13/h3-6,8,12-13H,7H2,1-2H3/t8-/m0/s1. The Hall–Kier alpha value is -1.04. The Bertz CT molecular complexity index is 303. The third kappa shape index (κ3) is 3.91. The fourth-order valence-corrected chi connectivity index (χ4v) is 1.25. The Kier molecular flexibility index (Phi) is 4.61. The number of benzene rings is 1. The third-order valence-corrected chi connectivity index (χ3v) is 1.89. The van der Waals surface area contributed by atoms with Crippen molar-refractivity contribution in [1.29, 1.82) is 0 Å². The average Bonchev–Trinajstić information content (AvgIpc) is 2.18. The summed E-state index contributed by atoms with van der Waals surface area (Å²) in [7, 11) is 0.139. The van der Waals surface area contributed by atoms with Gasteiger partial charge in [0.05, 0.1) is 6.61 Å². The summed E-state index contributed by atoms with van der Waals surface area (Å²) in [5, 5.41) is 17.9. The van der Waals surface area contributed by atoms with Gasteiger partial charge in [0.2, 0.25) is 0 Å². The van der Waals surface area contributed by atoms with Crippen LogP contribution in [0.5, 0.6) is 5.75 Å². The maximum absolute atomic E-state index is 8.96. The van der Waals surface area contributed by atoms with E-state index in [9.17, 15) is 0 Å². The highest BCUT2D eigenvalue weighted by Gasteiger charge is 2.12. The lowest BCUT2D eigenvalue weighted by Crippen LogP contribution is -2.30. The first-order valence-corrected chi connectivity index (χ1v) is 4.75. The van der Waals surface area contributed by atoms with Crippen molar-refractivity contribution in [3.8, 4) is 5.75 Å². The zero-order chi connectivity index (χ0) is 11.3. The van der Waals surface area contributed by atoms with Crippen LogP contribution in [-0.4, -0.2) is 37.0 Å². The lowest BCUT2D eigenvalue weighted by Gasteiger charge is -2.14. The Labute approximate surface area is 89.6 Å². The Morgan fingerprint density at radius 3 is 2.73 bits per heavy atom. The molecular formula is C10H15BO4. The van der Waals surface area contributed by atoms with Gasteiger partial charge < -0.3 is 19.5 Å². The van der Waals surface area contributed by atoms with Gasteiger partial charge in [-0.15, -0.1) is 0 Å². The van der Waals surface area contributed by atoms with Crippen LogP contribution >= 0.6 is 0 Å². The van der Waals surface area contributed by atoms with E-state index in [4.69, 9.17) is 19.5 Å². The fourth-order valence-electron chi connectivity index (χ4n) is 1.25. The van der Waals surface area contributed by atoms with Gasteiger partial charge in [0.1, 0.15) is 11.9 Å². The molecule has 1 aromatic carbocycles. The summed E-state index contributed by atoms with van der Waals surface area (Å²) in [6.07, 6.45) is -0.0684. The molecule has 0 bridgehead atoms. The van der Waals surface area contributed by atoms with Crippen molar-refractivity contribution in [1.82, 2.24) is 0 Å². The van der Waals surface area contributed by atoms with E-state index in [1.165, 1.54) is 0 Å². The predicted molar refractivity (Wildman–Crippen MR) is 58.2 cm³/mol. The second-order valence-electron chi connectivity index (χ2n) is 3.33. The van der Waals surface area contributed by atoms with Gasteiger partial charge in [-0.2, -0.15) is 0 Å². The second-order valence-corrected chi connectivity index (χ2v) is 3.33. The van der Waals surface area contributed by atoms with Gasteiger partial charge in [0, 0.05) is 7.11 Å². The van der Waals surface area contributed by atoms with Crippen molar-refractivity contribution < 1.29 is 19.5 Å². The highest BCUT2D eigenvalue weighted by molar-refractivity contribution is 6.58. The van der Waals surface area contributed by atoms with Crippen molar-refractivity contribution in [3.63, 3.8) is 0 Å². The zero-order valence-corrected chi connectivity index (χ0v) is 8.88. The second kappa shape index (κ2) is 5.75. The highest BCUT2D eigenvalue weighted by Crippen LogP contribution is 2.10. The fraction of sp³-hybridized carbons (Fsp3) is 0.400. The summed E-state index contributed by atoms with van der Waals surface area (Å²) in [6, 6.07) is 6.69. The molecule has 0 aliphatic carbocycles. The molecule has 82 valence electrons. The van der Waals surface area contributed by atoms with Gasteiger partial charge in [-0.05, 0) is 24.5 Å². The molecule has 0 aliphatic rings. The van der Waals surface area contributed by atoms with E-state index < -0.39 is 7.12 Å². The Morgan fingerprint density at radius 2 is 2.13 bits per heavy atom. The number of hydrogen-bond donors (Lipinski definition) is 2. The largest absolute Gasteiger partial charge is 0.488 e. The lowest BCUT2D eigenvalue weighted by molar-refractivity contribution is 0.0921. The summed E-state index contributed by atoms with van der Waals surface area (Å²) in [6.45, 7) is 2.37. The first-order chi connectivity index (χ1) is 7.13. The predicted octanol–water partition coefficient (Wildman–Crippen LogP) is -0.220. The third-order valence-electron chi connectivity index (χ3n) is 1.89. The van der Waals surface area contributed by atoms with Crippen LogP contribution in [0.25, 0.3) is 0 Å². The molecule has 5 heteroatoms. The van der Waals surface area contributed by atoms with Crippen LogP contribution < -0.4 is 10.2 Å². The molecule has 0 amide bonds. The molecule has 0 saturated carbocycles. The van der Waals surface area contributed by atoms with Crippen LogP contribution in [0.15, 0.2) is 24.3 Å². The summed E-state index contributed by atoms with van der Waals surface area (Å²) in [4.78, 5) is 0. The molecule has 1 aromatic rings. The van der Waals surface area contributed by atoms with Crippen LogP contribution in [0, 0.1) is 0 Å². The normalized spacial score (nSPS) is 12.3. The topological polar surface area (TPSA) is 58.9 Å². The molecule has 2 N–H and O–H groups in total. The number of rotatable bonds is 5. The van der Waals surface area contributed by atoms with E-state index in [0.717, 1.165) is 0 Å². The van der Waals surface area contributed by atoms with E-state index in [-0.39, 0.29) is 6.10 Å². The molecule has 0 fully saturated rings. The molecule has 0 saturated heterocycles. The molecule has 0 radical (unpaired) electrons. The minimum atomic E-state index is -1.47. The monoisotopic (exact) mass is 210 g/mol. The molecule has 1 rings (SSSR count). The van der Waals surface area contributed by atoms with E-state index in [1.807, 2.05) is 6.92 Å². The van der Waals surface area contributed by atoms with Gasteiger partial charge in [-0.25, -0.2) is 0 Å². The van der Waals surface area contributed by atoms with E-state index in [1.54, 1.807) is 31.4 Å². The van der Waals surface area contributed by atoms with Crippen LogP contribution in [0.4, 0.5) is 0 Å². The maximum atomic E-state index is 8.96. The molecule has 0 aliphatic heterocycles. The van der Waals surface area contributed by atoms with Gasteiger partial charge in [0.15, 0.2) is 0 Å². The van der Waals surface area contributed by atoms with E-state index >= 15 is 0 Å². The van der Waals surface area contributed by atoms with Crippen LogP contribution in [0.2, 0.25) is 0 Å². The summed E-state index contributed by atoms with van der Waals surface area (Å²) in [5.74, 6) is 0.602. The van der Waals surface area contributed by atoms with E-state index in [2.05, 4.69) is 0 Å². The molecule has 4 nitrogen and oxygen atoms in total. The molecule has 15 heavy (non-hydrogen) atoms. The first kappa shape index (κ1) is 12.0. The van der Waals surface area contributed by atoms with Crippen molar-refractivity contribution in [3.05, 3.63) is 24.3 Å². The Morgan fingerprint density at radius 1 is 1.40 bits per heavy atom. The summed E-state index contributed by atoms with van der Waals surface area (Å²) in [5.41, 5.74) is 0.414. The van der Waals surface area contributed by atoms with Gasteiger partial charge in [-0.3, -0.25) is 0 Å². The van der Waals surface area contributed by atoms with Crippen LogP contribution in [0.1, 0.15) is 6.92 Å². The number of methoxy groups -OCH3 is 1. The van der Waals surface area contributed by atoms with Crippen molar-refractivity contribution >= 4 is 12.6 Å². The quantitative estimate of drug-likeness (QED) is 0.659. The van der Waals surface area contributed by atoms with Gasteiger partial charge in [-0.1, -0.05) is 12.1 Å². The Balaban J connectivity index is 2.65. The molecule has 0 aromatic heterocycles. The maximum Gasteiger partial charge on any atom is 0.488 e. The number of hydrogen-bond acceptors (Lipinski definition) is 4. The van der Waals surface area contributed by atoms with Crippen molar-refractivity contribution in [2.45, 2.75) is 13.0 Å². The smallest absolute Gasteiger partial charge is 0.488 e. The molecule has 0 spiro atoms. The highest BCUT2D eigenvalue weighted by atomic mass is 16.5. The van der Waals surface area contributed by atoms with Crippen LogP contribution in [0.3, 0.4) is 0 Å². The zero-order valence-electron chi connectivity index (χ0n) is 8.88. The summed E-state index contributed by atoms with van der Waals surface area (Å²) >= 11 is 0. The average molecular weight is 210 g/mol. The minimum absolute atomic E-state index is 0.0684. The molecule has 1 atom stereocenters. The van der Waals surface area contributed by atoms with Gasteiger partial charge >= 0.3 is 7.12 Å². The first-order valence-electron chi connectivity index (χ1n) is 4.75. The summed E-state index contributed by atoms with van der Waals surface area (Å²) < 4.78 is 10.4. The van der Waals surface area contributed by atoms with Crippen LogP contribution in [-0.2, 0) is 4.74 Å². The lowest BCUT2D eigenvalue weighted by atomic mass is 9.80.